The molecule has 0 atom stereocenters. The van der Waals surface area contributed by atoms with Crippen molar-refractivity contribution in [2.24, 2.45) is 0 Å². The van der Waals surface area contributed by atoms with Crippen LogP contribution in [-0.4, -0.2) is 16.1 Å². The van der Waals surface area contributed by atoms with Gasteiger partial charge in [-0.15, -0.1) is 0 Å². The molecule has 1 aromatic carbocycles. The molecule has 1 saturated carbocycles. The molecule has 0 amide bonds. The van der Waals surface area contributed by atoms with Crippen LogP contribution < -0.4 is 10.1 Å². The Kier molecular flexibility index (Phi) is 5.87. The number of ether oxygens (including phenoxy) is 1. The number of alkyl halides is 3. The van der Waals surface area contributed by atoms with Gasteiger partial charge >= 0.3 is 6.18 Å². The van der Waals surface area contributed by atoms with Crippen molar-refractivity contribution >= 4 is 11.6 Å². The highest BCUT2D eigenvalue weighted by molar-refractivity contribution is 5.55. The van der Waals surface area contributed by atoms with Crippen LogP contribution >= 0.6 is 0 Å². The van der Waals surface area contributed by atoms with Crippen LogP contribution in [0.3, 0.4) is 0 Å². The number of hydrogen-bond donors (Lipinski definition) is 1. The Morgan fingerprint density at radius 1 is 1.15 bits per heavy atom. The first-order chi connectivity index (χ1) is 12.8. The van der Waals surface area contributed by atoms with Crippen LogP contribution in [0.15, 0.2) is 30.5 Å². The summed E-state index contributed by atoms with van der Waals surface area (Å²) in [5, 5.41) is 2.99. The predicted octanol–water partition coefficient (Wildman–Crippen LogP) is 6.07. The van der Waals surface area contributed by atoms with Gasteiger partial charge < -0.3 is 10.1 Å². The molecule has 2 aromatic rings. The summed E-state index contributed by atoms with van der Waals surface area (Å²) in [6, 6.07) is 7.66. The van der Waals surface area contributed by atoms with Crippen LogP contribution in [0, 0.1) is 0 Å². The standard InChI is InChI=1S/C20H24F3N3O/c1-13(2)14-7-6-8-15(11-14)25-19-24-12-17(20(21,22)23)18(26-19)27-16-9-4-3-5-10-16/h6-8,11-13,16H,3-5,9-10H2,1-2H3,(H,24,25,26). The van der Waals surface area contributed by atoms with Gasteiger partial charge in [0.05, 0.1) is 0 Å². The van der Waals surface area contributed by atoms with Gasteiger partial charge in [0.15, 0.2) is 0 Å². The molecule has 27 heavy (non-hydrogen) atoms. The monoisotopic (exact) mass is 379 g/mol. The van der Waals surface area contributed by atoms with E-state index >= 15 is 0 Å². The van der Waals surface area contributed by atoms with Crippen LogP contribution in [0.4, 0.5) is 24.8 Å². The van der Waals surface area contributed by atoms with Gasteiger partial charge in [-0.2, -0.15) is 18.2 Å². The Hall–Kier alpha value is -2.31. The Morgan fingerprint density at radius 3 is 2.56 bits per heavy atom. The van der Waals surface area contributed by atoms with E-state index in [2.05, 4.69) is 29.1 Å². The lowest BCUT2D eigenvalue weighted by Crippen LogP contribution is -2.22. The van der Waals surface area contributed by atoms with Crippen LogP contribution in [-0.2, 0) is 6.18 Å². The number of aromatic nitrogens is 2. The van der Waals surface area contributed by atoms with E-state index in [0.29, 0.717) is 5.92 Å². The largest absolute Gasteiger partial charge is 0.474 e. The van der Waals surface area contributed by atoms with E-state index in [1.165, 1.54) is 0 Å². The van der Waals surface area contributed by atoms with Gasteiger partial charge in [-0.3, -0.25) is 0 Å². The smallest absolute Gasteiger partial charge is 0.423 e. The van der Waals surface area contributed by atoms with Crippen molar-refractivity contribution in [3.63, 3.8) is 0 Å². The zero-order chi connectivity index (χ0) is 19.4. The molecule has 1 heterocycles. The summed E-state index contributed by atoms with van der Waals surface area (Å²) in [6.07, 6.45) is 0.524. The first kappa shape index (κ1) is 19.5. The maximum Gasteiger partial charge on any atom is 0.423 e. The third kappa shape index (κ3) is 5.11. The quantitative estimate of drug-likeness (QED) is 0.684. The summed E-state index contributed by atoms with van der Waals surface area (Å²) in [5.41, 5.74) is 0.907. The molecule has 0 aliphatic heterocycles. The van der Waals surface area contributed by atoms with Gasteiger partial charge in [-0.25, -0.2) is 4.98 Å². The highest BCUT2D eigenvalue weighted by atomic mass is 19.4. The molecule has 1 N–H and O–H groups in total. The fourth-order valence-corrected chi connectivity index (χ4v) is 3.16. The van der Waals surface area contributed by atoms with Gasteiger partial charge in [0.2, 0.25) is 11.8 Å². The van der Waals surface area contributed by atoms with E-state index in [0.717, 1.165) is 49.6 Å². The van der Waals surface area contributed by atoms with Crippen molar-refractivity contribution in [3.05, 3.63) is 41.6 Å². The second-order valence-corrected chi connectivity index (χ2v) is 7.19. The van der Waals surface area contributed by atoms with Gasteiger partial charge in [0.1, 0.15) is 11.7 Å². The Balaban J connectivity index is 1.85. The molecule has 0 bridgehead atoms. The van der Waals surface area contributed by atoms with E-state index in [-0.39, 0.29) is 12.1 Å². The SMILES string of the molecule is CC(C)c1cccc(Nc2ncc(C(F)(F)F)c(OC3CCCCC3)n2)c1. The van der Waals surface area contributed by atoms with Gasteiger partial charge in [0.25, 0.3) is 0 Å². The van der Waals surface area contributed by atoms with E-state index in [4.69, 9.17) is 4.74 Å². The average molecular weight is 379 g/mol. The maximum atomic E-state index is 13.3. The molecule has 1 aliphatic carbocycles. The highest BCUT2D eigenvalue weighted by Gasteiger charge is 2.37. The third-order valence-corrected chi connectivity index (χ3v) is 4.70. The van der Waals surface area contributed by atoms with Gasteiger partial charge in [0, 0.05) is 11.9 Å². The van der Waals surface area contributed by atoms with Gasteiger partial charge in [-0.1, -0.05) is 32.4 Å². The number of nitrogens with one attached hydrogen (secondary N) is 1. The van der Waals surface area contributed by atoms with Gasteiger partial charge in [-0.05, 0) is 49.3 Å². The topological polar surface area (TPSA) is 47.0 Å². The lowest BCUT2D eigenvalue weighted by atomic mass is 9.98. The zero-order valence-electron chi connectivity index (χ0n) is 15.5. The van der Waals surface area contributed by atoms with Crippen molar-refractivity contribution in [2.75, 3.05) is 5.32 Å². The summed E-state index contributed by atoms with van der Waals surface area (Å²) in [5.74, 6) is 0.0344. The number of hydrogen-bond acceptors (Lipinski definition) is 4. The van der Waals surface area contributed by atoms with E-state index in [1.54, 1.807) is 0 Å². The second kappa shape index (κ2) is 8.15. The molecular formula is C20H24F3N3O. The lowest BCUT2D eigenvalue weighted by Gasteiger charge is -2.24. The molecule has 146 valence electrons. The first-order valence-electron chi connectivity index (χ1n) is 9.31. The lowest BCUT2D eigenvalue weighted by molar-refractivity contribution is -0.140. The van der Waals surface area contributed by atoms with Crippen LogP contribution in [0.5, 0.6) is 5.88 Å². The summed E-state index contributed by atoms with van der Waals surface area (Å²) >= 11 is 0. The molecule has 7 heteroatoms. The first-order valence-corrected chi connectivity index (χ1v) is 9.31. The van der Waals surface area contributed by atoms with Crippen LogP contribution in [0.1, 0.15) is 63.0 Å². The summed E-state index contributed by atoms with van der Waals surface area (Å²) < 4.78 is 45.6. The molecule has 0 unspecified atom stereocenters. The van der Waals surface area contributed by atoms with Crippen molar-refractivity contribution in [2.45, 2.75) is 64.1 Å². The Labute approximate surface area is 157 Å². The van der Waals surface area contributed by atoms with Crippen LogP contribution in [0.2, 0.25) is 0 Å². The molecule has 1 aromatic heterocycles. The third-order valence-electron chi connectivity index (χ3n) is 4.70. The molecule has 0 saturated heterocycles. The van der Waals surface area contributed by atoms with E-state index in [9.17, 15) is 13.2 Å². The molecule has 1 aliphatic rings. The van der Waals surface area contributed by atoms with Crippen LogP contribution in [0.25, 0.3) is 0 Å². The zero-order valence-corrected chi connectivity index (χ0v) is 15.5. The molecule has 0 spiro atoms. The summed E-state index contributed by atoms with van der Waals surface area (Å²) in [7, 11) is 0. The normalized spacial score (nSPS) is 15.8. The summed E-state index contributed by atoms with van der Waals surface area (Å²) in [4.78, 5) is 7.89. The minimum absolute atomic E-state index is 0.0923. The van der Waals surface area contributed by atoms with Crippen molar-refractivity contribution in [1.29, 1.82) is 0 Å². The highest BCUT2D eigenvalue weighted by Crippen LogP contribution is 2.37. The van der Waals surface area contributed by atoms with E-state index < -0.39 is 17.6 Å². The molecular weight excluding hydrogens is 355 g/mol. The van der Waals surface area contributed by atoms with E-state index in [1.807, 2.05) is 24.3 Å². The van der Waals surface area contributed by atoms with Crippen molar-refractivity contribution in [1.82, 2.24) is 9.97 Å². The Morgan fingerprint density at radius 2 is 1.89 bits per heavy atom. The summed E-state index contributed by atoms with van der Waals surface area (Å²) in [6.45, 7) is 4.15. The second-order valence-electron chi connectivity index (χ2n) is 7.19. The maximum absolute atomic E-state index is 13.3. The van der Waals surface area contributed by atoms with Crippen molar-refractivity contribution < 1.29 is 17.9 Å². The van der Waals surface area contributed by atoms with Crippen molar-refractivity contribution in [3.8, 4) is 5.88 Å². The fourth-order valence-electron chi connectivity index (χ4n) is 3.16. The predicted molar refractivity (Wildman–Crippen MR) is 98.3 cm³/mol. The molecule has 0 radical (unpaired) electrons. The molecule has 4 nitrogen and oxygen atoms in total. The minimum atomic E-state index is -4.56. The average Bonchev–Trinajstić information content (AvgIpc) is 2.62. The number of rotatable bonds is 5. The number of halogens is 3. The molecule has 1 fully saturated rings. The Bertz CT molecular complexity index is 771. The number of nitrogens with zero attached hydrogens (tertiary/aromatic N) is 2. The molecule has 3 rings (SSSR count). The number of benzene rings is 1. The minimum Gasteiger partial charge on any atom is -0.474 e. The fraction of sp³-hybridized carbons (Fsp3) is 0.500. The number of anilines is 2.